The molecule has 0 radical (unpaired) electrons. The highest BCUT2D eigenvalue weighted by Gasteiger charge is 2.62. The Hall–Kier alpha value is -4.81. The zero-order chi connectivity index (χ0) is 35.8. The van der Waals surface area contributed by atoms with E-state index in [2.05, 4.69) is 15.6 Å². The number of rotatable bonds is 4. The SMILES string of the molecule is CC(C)(C)OC(=O)N[C@@H]1CCCCC/C=C\[C@@H]2C[C@]2(C(=O)O)NC(=O)[C@@H]2[C@H]3CN(C(=O)c4cccc(-c5cccc(F)c5)n4)C[C@H]3CN2C1=O. The van der Waals surface area contributed by atoms with Crippen LogP contribution in [0.15, 0.2) is 54.6 Å². The number of hydrogen-bond donors (Lipinski definition) is 3. The summed E-state index contributed by atoms with van der Waals surface area (Å²) in [5.41, 5.74) is -1.16. The van der Waals surface area contributed by atoms with Crippen LogP contribution in [0.3, 0.4) is 0 Å². The van der Waals surface area contributed by atoms with Crippen LogP contribution in [0.25, 0.3) is 11.3 Å². The van der Waals surface area contributed by atoms with Crippen molar-refractivity contribution in [3.8, 4) is 11.3 Å². The van der Waals surface area contributed by atoms with Gasteiger partial charge in [0.25, 0.3) is 5.91 Å². The third kappa shape index (κ3) is 7.36. The highest BCUT2D eigenvalue weighted by Crippen LogP contribution is 2.46. The minimum atomic E-state index is -1.48. The predicted octanol–water partition coefficient (Wildman–Crippen LogP) is 4.16. The fraction of sp³-hybridized carbons (Fsp3) is 0.514. The average molecular weight is 690 g/mol. The number of aliphatic carboxylic acids is 1. The Morgan fingerprint density at radius 1 is 1.06 bits per heavy atom. The maximum Gasteiger partial charge on any atom is 0.408 e. The summed E-state index contributed by atoms with van der Waals surface area (Å²) in [4.78, 5) is 75.3. The van der Waals surface area contributed by atoms with Crippen molar-refractivity contribution >= 4 is 29.8 Å². The van der Waals surface area contributed by atoms with Crippen molar-refractivity contribution in [3.63, 3.8) is 0 Å². The Morgan fingerprint density at radius 3 is 2.58 bits per heavy atom. The number of benzene rings is 1. The number of nitrogens with one attached hydrogen (secondary N) is 2. The van der Waals surface area contributed by atoms with Crippen LogP contribution in [0.1, 0.15) is 69.8 Å². The van der Waals surface area contributed by atoms with Crippen molar-refractivity contribution in [2.45, 2.75) is 82.5 Å². The number of amides is 4. The number of ether oxygens (including phenoxy) is 1. The first-order chi connectivity index (χ1) is 23.8. The highest BCUT2D eigenvalue weighted by atomic mass is 19.1. The van der Waals surface area contributed by atoms with Crippen LogP contribution < -0.4 is 10.6 Å². The fourth-order valence-electron chi connectivity index (χ4n) is 7.51. The molecule has 12 nitrogen and oxygen atoms in total. The molecule has 0 spiro atoms. The average Bonchev–Trinajstić information content (AvgIpc) is 3.41. The van der Waals surface area contributed by atoms with Gasteiger partial charge in [0.1, 0.15) is 34.7 Å². The summed E-state index contributed by atoms with van der Waals surface area (Å²) in [5.74, 6) is -4.15. The van der Waals surface area contributed by atoms with Crippen molar-refractivity contribution in [2.75, 3.05) is 19.6 Å². The first-order valence-electron chi connectivity index (χ1n) is 17.3. The monoisotopic (exact) mass is 689 g/mol. The van der Waals surface area contributed by atoms with Crippen molar-refractivity contribution in [3.05, 3.63) is 66.1 Å². The van der Waals surface area contributed by atoms with Crippen LogP contribution in [0.2, 0.25) is 0 Å². The molecule has 13 heteroatoms. The normalized spacial score (nSPS) is 29.0. The Labute approximate surface area is 290 Å². The second kappa shape index (κ2) is 13.8. The summed E-state index contributed by atoms with van der Waals surface area (Å²) in [6.45, 7) is 5.68. The Morgan fingerprint density at radius 2 is 1.84 bits per heavy atom. The highest BCUT2D eigenvalue weighted by molar-refractivity contribution is 5.97. The van der Waals surface area contributed by atoms with Crippen LogP contribution in [0, 0.1) is 23.6 Å². The lowest BCUT2D eigenvalue weighted by molar-refractivity contribution is -0.146. The third-order valence-corrected chi connectivity index (χ3v) is 10.1. The minimum absolute atomic E-state index is 0.130. The number of hydrogen-bond acceptors (Lipinski definition) is 7. The van der Waals surface area contributed by atoms with E-state index in [0.717, 1.165) is 19.3 Å². The number of aromatic nitrogens is 1. The molecule has 3 fully saturated rings. The van der Waals surface area contributed by atoms with E-state index in [-0.39, 0.29) is 49.5 Å². The number of carboxylic acids is 1. The molecule has 4 aliphatic rings. The van der Waals surface area contributed by atoms with Gasteiger partial charge >= 0.3 is 12.1 Å². The largest absolute Gasteiger partial charge is 0.479 e. The number of carbonyl (C=O) groups is 5. The van der Waals surface area contributed by atoms with Gasteiger partial charge in [0, 0.05) is 43.0 Å². The lowest BCUT2D eigenvalue weighted by atomic mass is 9.93. The molecule has 6 rings (SSSR count). The summed E-state index contributed by atoms with van der Waals surface area (Å²) in [6, 6.07) is 8.84. The molecule has 50 heavy (non-hydrogen) atoms. The molecule has 1 saturated carbocycles. The molecule has 0 unspecified atom stereocenters. The van der Waals surface area contributed by atoms with Crippen molar-refractivity contribution < 1.29 is 38.2 Å². The van der Waals surface area contributed by atoms with Crippen LogP contribution in [-0.2, 0) is 19.1 Å². The van der Waals surface area contributed by atoms with Crippen LogP contribution in [0.5, 0.6) is 0 Å². The number of likely N-dealkylation sites (tertiary alicyclic amines) is 1. The quantitative estimate of drug-likeness (QED) is 0.404. The number of allylic oxidation sites excluding steroid dienone is 1. The van der Waals surface area contributed by atoms with Gasteiger partial charge in [-0.1, -0.05) is 43.2 Å². The molecule has 1 aromatic heterocycles. The van der Waals surface area contributed by atoms with Crippen LogP contribution in [0.4, 0.5) is 9.18 Å². The van der Waals surface area contributed by atoms with E-state index in [1.165, 1.54) is 17.0 Å². The van der Waals surface area contributed by atoms with Gasteiger partial charge in [0.15, 0.2) is 0 Å². The molecule has 1 aliphatic carbocycles. The van der Waals surface area contributed by atoms with Gasteiger partial charge in [-0.2, -0.15) is 0 Å². The number of alkyl carbamates (subject to hydrolysis) is 1. The van der Waals surface area contributed by atoms with Gasteiger partial charge in [0.2, 0.25) is 11.8 Å². The van der Waals surface area contributed by atoms with E-state index in [1.807, 2.05) is 12.2 Å². The standard InChI is InChI=1S/C37H44FN5O7/c1-36(2,3)50-35(49)40-29-14-8-6-4-5-7-12-24-18-37(24,34(47)48)41-31(44)30-26-21-42(19-23(26)20-43(30)33(29)46)32(45)28-16-10-15-27(39-28)22-11-9-13-25(38)17-22/h7,9-13,15-17,23-24,26,29-30H,4-6,8,14,18-21H2,1-3H3,(H,40,49)(H,41,44)(H,47,48)/b12-7-/t23-,24+,26-,29+,30-,37-/m0/s1. The zero-order valence-corrected chi connectivity index (χ0v) is 28.6. The topological polar surface area (TPSA) is 158 Å². The number of carboxylic acid groups (broad SMARTS) is 1. The first-order valence-corrected chi connectivity index (χ1v) is 17.3. The lowest BCUT2D eigenvalue weighted by Gasteiger charge is -2.33. The van der Waals surface area contributed by atoms with E-state index in [0.29, 0.717) is 24.1 Å². The third-order valence-electron chi connectivity index (χ3n) is 10.1. The van der Waals surface area contributed by atoms with E-state index >= 15 is 0 Å². The van der Waals surface area contributed by atoms with E-state index in [1.54, 1.807) is 56.0 Å². The zero-order valence-electron chi connectivity index (χ0n) is 28.6. The van der Waals surface area contributed by atoms with Crippen LogP contribution >= 0.6 is 0 Å². The minimum Gasteiger partial charge on any atom is -0.479 e. The molecule has 1 aromatic carbocycles. The molecular weight excluding hydrogens is 645 g/mol. The number of halogens is 1. The summed E-state index contributed by atoms with van der Waals surface area (Å²) in [7, 11) is 0. The molecule has 2 saturated heterocycles. The van der Waals surface area contributed by atoms with Gasteiger partial charge in [-0.3, -0.25) is 14.4 Å². The first kappa shape index (κ1) is 35.0. The maximum absolute atomic E-state index is 14.3. The molecule has 4 amide bonds. The molecule has 2 aromatic rings. The van der Waals surface area contributed by atoms with Gasteiger partial charge in [-0.15, -0.1) is 0 Å². The van der Waals surface area contributed by atoms with Gasteiger partial charge in [-0.25, -0.2) is 19.0 Å². The van der Waals surface area contributed by atoms with E-state index < -0.39 is 58.8 Å². The Balaban J connectivity index is 1.27. The maximum atomic E-state index is 14.3. The smallest absolute Gasteiger partial charge is 0.408 e. The van der Waals surface area contributed by atoms with E-state index in [9.17, 15) is 33.5 Å². The second-order valence-electron chi connectivity index (χ2n) is 14.8. The molecule has 4 heterocycles. The predicted molar refractivity (Wildman–Crippen MR) is 180 cm³/mol. The van der Waals surface area contributed by atoms with Crippen LogP contribution in [-0.4, -0.2) is 92.5 Å². The summed E-state index contributed by atoms with van der Waals surface area (Å²) >= 11 is 0. The van der Waals surface area contributed by atoms with Gasteiger partial charge in [-0.05, 0) is 70.7 Å². The molecule has 266 valence electrons. The Bertz CT molecular complexity index is 1710. The molecule has 6 atom stereocenters. The summed E-state index contributed by atoms with van der Waals surface area (Å²) in [5, 5.41) is 15.7. The number of nitrogens with zero attached hydrogens (tertiary/aromatic N) is 3. The number of carbonyl (C=O) groups excluding carboxylic acids is 4. The van der Waals surface area contributed by atoms with Crippen molar-refractivity contribution in [1.29, 1.82) is 0 Å². The lowest BCUT2D eigenvalue weighted by Crippen LogP contribution is -2.58. The molecule has 0 bridgehead atoms. The molecule has 3 aliphatic heterocycles. The van der Waals surface area contributed by atoms with E-state index in [4.69, 9.17) is 4.74 Å². The van der Waals surface area contributed by atoms with Gasteiger partial charge in [0.05, 0.1) is 5.69 Å². The number of pyridine rings is 1. The van der Waals surface area contributed by atoms with Gasteiger partial charge < -0.3 is 30.3 Å². The van der Waals surface area contributed by atoms with Crippen molar-refractivity contribution in [1.82, 2.24) is 25.4 Å². The summed E-state index contributed by atoms with van der Waals surface area (Å²) in [6.07, 6.45) is 6.60. The molecular formula is C37H44FN5O7. The molecule has 3 N–H and O–H groups in total. The van der Waals surface area contributed by atoms with Crippen molar-refractivity contribution in [2.24, 2.45) is 17.8 Å². The summed E-state index contributed by atoms with van der Waals surface area (Å²) < 4.78 is 19.4. The fourth-order valence-corrected chi connectivity index (χ4v) is 7.51. The Kier molecular flexibility index (Phi) is 9.69. The second-order valence-corrected chi connectivity index (χ2v) is 14.8. The number of fused-ring (bicyclic) bond motifs is 4.